The van der Waals surface area contributed by atoms with Crippen LogP contribution in [0.25, 0.3) is 0 Å². The van der Waals surface area contributed by atoms with Crippen molar-refractivity contribution in [1.29, 1.82) is 0 Å². The van der Waals surface area contributed by atoms with Crippen LogP contribution in [0.3, 0.4) is 0 Å². The van der Waals surface area contributed by atoms with Gasteiger partial charge in [0, 0.05) is 41.9 Å². The van der Waals surface area contributed by atoms with Gasteiger partial charge in [0.15, 0.2) is 4.90 Å². The molecule has 0 saturated heterocycles. The van der Waals surface area contributed by atoms with E-state index in [0.29, 0.717) is 17.1 Å². The predicted molar refractivity (Wildman–Crippen MR) is 80.7 cm³/mol. The van der Waals surface area contributed by atoms with E-state index in [1.165, 1.54) is 24.3 Å². The Kier molecular flexibility index (Phi) is 5.19. The summed E-state index contributed by atoms with van der Waals surface area (Å²) in [6, 6.07) is 14.9. The van der Waals surface area contributed by atoms with Crippen LogP contribution in [0.2, 0.25) is 0 Å². The number of nitro groups is 1. The fourth-order valence-electron chi connectivity index (χ4n) is 1.78. The van der Waals surface area contributed by atoms with Crippen LogP contribution >= 0.6 is 0 Å². The highest BCUT2D eigenvalue weighted by atomic mass is 32.2. The third-order valence-corrected chi connectivity index (χ3v) is 4.51. The zero-order chi connectivity index (χ0) is 15.2. The highest BCUT2D eigenvalue weighted by Gasteiger charge is 2.25. The molecule has 5 nitrogen and oxygen atoms in total. The van der Waals surface area contributed by atoms with Crippen molar-refractivity contribution in [3.05, 3.63) is 64.7 Å². The molecule has 21 heavy (non-hydrogen) atoms. The number of nitrogens with zero attached hydrogens (tertiary/aromatic N) is 1. The molecule has 2 rings (SSSR count). The van der Waals surface area contributed by atoms with Crippen LogP contribution in [0.1, 0.15) is 13.3 Å². The monoisotopic (exact) mass is 305 g/mol. The average Bonchev–Trinajstić information content (AvgIpc) is 2.53. The van der Waals surface area contributed by atoms with E-state index in [2.05, 4.69) is 0 Å². The van der Waals surface area contributed by atoms with Crippen molar-refractivity contribution in [2.24, 2.45) is 0 Å². The van der Waals surface area contributed by atoms with Crippen LogP contribution in [-0.4, -0.2) is 14.9 Å². The van der Waals surface area contributed by atoms with Crippen molar-refractivity contribution in [3.8, 4) is 5.75 Å². The Morgan fingerprint density at radius 1 is 1.14 bits per heavy atom. The van der Waals surface area contributed by atoms with Gasteiger partial charge in [-0.15, -0.1) is 0 Å². The molecule has 0 aliphatic rings. The molecule has 0 aliphatic carbocycles. The summed E-state index contributed by atoms with van der Waals surface area (Å²) in [6.45, 7) is 1.89. The zero-order valence-electron chi connectivity index (χ0n) is 11.5. The van der Waals surface area contributed by atoms with Gasteiger partial charge >= 0.3 is 0 Å². The first kappa shape index (κ1) is 15.3. The van der Waals surface area contributed by atoms with E-state index in [1.54, 1.807) is 12.1 Å². The number of benzene rings is 2. The Morgan fingerprint density at radius 3 is 2.29 bits per heavy atom. The maximum absolute atomic E-state index is 12.5. The van der Waals surface area contributed by atoms with Crippen LogP contribution in [0.4, 0.5) is 5.69 Å². The van der Waals surface area contributed by atoms with Crippen molar-refractivity contribution >= 4 is 16.9 Å². The van der Waals surface area contributed by atoms with Gasteiger partial charge in [0.25, 0.3) is 11.1 Å². The van der Waals surface area contributed by atoms with Gasteiger partial charge in [0.1, 0.15) is 5.75 Å². The van der Waals surface area contributed by atoms with E-state index in [1.807, 2.05) is 25.1 Å². The number of ether oxygens (including phenoxy) is 1. The van der Waals surface area contributed by atoms with Gasteiger partial charge in [-0.1, -0.05) is 25.1 Å². The largest absolute Gasteiger partial charge is 0.608 e. The third kappa shape index (κ3) is 3.96. The van der Waals surface area contributed by atoms with Crippen molar-refractivity contribution in [2.45, 2.75) is 23.7 Å². The molecule has 0 bridgehead atoms. The van der Waals surface area contributed by atoms with E-state index >= 15 is 0 Å². The van der Waals surface area contributed by atoms with E-state index < -0.39 is 21.5 Å². The smallest absolute Gasteiger partial charge is 0.269 e. The lowest BCUT2D eigenvalue weighted by molar-refractivity contribution is -0.384. The van der Waals surface area contributed by atoms with Crippen LogP contribution in [0.5, 0.6) is 5.75 Å². The fourth-order valence-corrected chi connectivity index (χ4v) is 2.99. The van der Waals surface area contributed by atoms with E-state index in [-0.39, 0.29) is 5.69 Å². The van der Waals surface area contributed by atoms with E-state index in [9.17, 15) is 14.7 Å². The normalized spacial score (nSPS) is 13.4. The summed E-state index contributed by atoms with van der Waals surface area (Å²) in [6.07, 6.45) is 0.568. The summed E-state index contributed by atoms with van der Waals surface area (Å²) in [5, 5.41) is 10.6. The number of rotatable bonds is 6. The molecular weight excluding hydrogens is 290 g/mol. The quantitative estimate of drug-likeness (QED) is 0.465. The lowest BCUT2D eigenvalue weighted by Crippen LogP contribution is -2.27. The van der Waals surface area contributed by atoms with Gasteiger partial charge in [-0.05, 0) is 12.1 Å². The highest BCUT2D eigenvalue weighted by molar-refractivity contribution is 7.92. The van der Waals surface area contributed by atoms with Gasteiger partial charge in [-0.2, -0.15) is 0 Å². The molecule has 2 aromatic rings. The minimum Gasteiger partial charge on any atom is -0.608 e. The maximum atomic E-state index is 12.5. The van der Waals surface area contributed by atoms with E-state index in [4.69, 9.17) is 4.74 Å². The molecule has 0 saturated carbocycles. The molecule has 0 spiro atoms. The molecular formula is C15H15NO4S. The minimum absolute atomic E-state index is 0.0206. The highest BCUT2D eigenvalue weighted by Crippen LogP contribution is 2.24. The molecule has 0 amide bonds. The number of hydrogen-bond acceptors (Lipinski definition) is 4. The van der Waals surface area contributed by atoms with Gasteiger partial charge in [0.05, 0.1) is 4.92 Å². The van der Waals surface area contributed by atoms with Crippen molar-refractivity contribution in [3.63, 3.8) is 0 Å². The Morgan fingerprint density at radius 2 is 1.76 bits per heavy atom. The second-order valence-corrected chi connectivity index (χ2v) is 5.91. The van der Waals surface area contributed by atoms with Crippen LogP contribution in [0.15, 0.2) is 59.5 Å². The Bertz CT molecular complexity index is 588. The molecule has 0 heterocycles. The first-order valence-corrected chi connectivity index (χ1v) is 7.70. The van der Waals surface area contributed by atoms with Gasteiger partial charge in [0.2, 0.25) is 0 Å². The molecule has 2 atom stereocenters. The summed E-state index contributed by atoms with van der Waals surface area (Å²) in [4.78, 5) is 10.7. The van der Waals surface area contributed by atoms with Crippen molar-refractivity contribution < 1.29 is 14.2 Å². The standard InChI is InChI=1S/C15H15NO4S/c1-2-15(20-13-6-4-3-5-7-13)21(19)14-10-8-12(9-11-14)16(17)18/h3-11,15H,2H2,1H3. The van der Waals surface area contributed by atoms with Gasteiger partial charge in [-0.25, -0.2) is 0 Å². The number of para-hydroxylation sites is 1. The fraction of sp³-hybridized carbons (Fsp3) is 0.200. The molecule has 0 N–H and O–H groups in total. The lowest BCUT2D eigenvalue weighted by atomic mass is 10.3. The zero-order valence-corrected chi connectivity index (χ0v) is 12.3. The van der Waals surface area contributed by atoms with Gasteiger partial charge in [-0.3, -0.25) is 10.1 Å². The predicted octanol–water partition coefficient (Wildman–Crippen LogP) is 3.52. The molecule has 0 aromatic heterocycles. The molecule has 0 radical (unpaired) electrons. The van der Waals surface area contributed by atoms with Crippen LogP contribution in [-0.2, 0) is 11.2 Å². The SMILES string of the molecule is CCC(Oc1ccccc1)[S+]([O-])c1ccc([N+](=O)[O-])cc1. The Labute approximate surface area is 125 Å². The maximum Gasteiger partial charge on any atom is 0.269 e. The van der Waals surface area contributed by atoms with Crippen molar-refractivity contribution in [1.82, 2.24) is 0 Å². The summed E-state index contributed by atoms with van der Waals surface area (Å²) in [5.74, 6) is 0.652. The van der Waals surface area contributed by atoms with Gasteiger partial charge < -0.3 is 9.29 Å². The second kappa shape index (κ2) is 7.10. The Balaban J connectivity index is 2.12. The molecule has 2 aromatic carbocycles. The van der Waals surface area contributed by atoms with Crippen molar-refractivity contribution in [2.75, 3.05) is 0 Å². The molecule has 0 fully saturated rings. The minimum atomic E-state index is -1.39. The number of non-ortho nitro benzene ring substituents is 1. The summed E-state index contributed by atoms with van der Waals surface area (Å²) in [7, 11) is 0. The summed E-state index contributed by atoms with van der Waals surface area (Å²) >= 11 is -1.39. The second-order valence-electron chi connectivity index (χ2n) is 4.32. The topological polar surface area (TPSA) is 75.4 Å². The Hall–Kier alpha value is -2.05. The van der Waals surface area contributed by atoms with Crippen LogP contribution in [0, 0.1) is 10.1 Å². The first-order chi connectivity index (χ1) is 10.1. The van der Waals surface area contributed by atoms with E-state index in [0.717, 1.165) is 0 Å². The number of nitro benzene ring substituents is 1. The average molecular weight is 305 g/mol. The molecule has 6 heteroatoms. The van der Waals surface area contributed by atoms with Crippen LogP contribution < -0.4 is 4.74 Å². The lowest BCUT2D eigenvalue weighted by Gasteiger charge is -2.21. The first-order valence-electron chi connectivity index (χ1n) is 6.48. The third-order valence-electron chi connectivity index (χ3n) is 2.86. The summed E-state index contributed by atoms with van der Waals surface area (Å²) < 4.78 is 18.2. The summed E-state index contributed by atoms with van der Waals surface area (Å²) in [5.41, 5.74) is -0.512. The molecule has 110 valence electrons. The molecule has 2 unspecified atom stereocenters. The molecule has 0 aliphatic heterocycles. The number of hydrogen-bond donors (Lipinski definition) is 0.